The van der Waals surface area contributed by atoms with Gasteiger partial charge in [-0.25, -0.2) is 9.59 Å². The maximum atomic E-state index is 13.0. The Balaban J connectivity index is 1.23. The van der Waals surface area contributed by atoms with Crippen molar-refractivity contribution in [2.75, 3.05) is 0 Å². The molecule has 35 heavy (non-hydrogen) atoms. The average molecular weight is 455 g/mol. The lowest BCUT2D eigenvalue weighted by Gasteiger charge is -2.13. The molecule has 3 nitrogen and oxygen atoms in total. The lowest BCUT2D eigenvalue weighted by atomic mass is 9.96. The molecule has 4 aromatic carbocycles. The zero-order valence-corrected chi connectivity index (χ0v) is 19.1. The second-order valence-corrected chi connectivity index (χ2v) is 8.97. The van der Waals surface area contributed by atoms with Gasteiger partial charge < -0.3 is 4.74 Å². The van der Waals surface area contributed by atoms with E-state index in [1.165, 1.54) is 11.1 Å². The third-order valence-corrected chi connectivity index (χ3v) is 7.03. The molecule has 0 saturated heterocycles. The summed E-state index contributed by atoms with van der Waals surface area (Å²) in [5.74, 6) is -1.51. The first kappa shape index (κ1) is 21.1. The van der Waals surface area contributed by atoms with Crippen LogP contribution in [0.4, 0.5) is 0 Å². The molecule has 0 amide bonds. The zero-order valence-electron chi connectivity index (χ0n) is 19.1. The molecule has 4 aromatic rings. The first-order valence-corrected chi connectivity index (χ1v) is 11.6. The van der Waals surface area contributed by atoms with E-state index in [-0.39, 0.29) is 11.1 Å². The second-order valence-electron chi connectivity index (χ2n) is 8.97. The highest BCUT2D eigenvalue weighted by atomic mass is 16.6. The number of ether oxygens (including phenoxy) is 1. The highest BCUT2D eigenvalue weighted by molar-refractivity contribution is 6.26. The van der Waals surface area contributed by atoms with Crippen molar-refractivity contribution in [2.45, 2.75) is 12.8 Å². The second kappa shape index (κ2) is 8.07. The Labute approximate surface area is 204 Å². The van der Waals surface area contributed by atoms with Gasteiger partial charge >= 0.3 is 11.9 Å². The molecule has 0 fully saturated rings. The fourth-order valence-corrected chi connectivity index (χ4v) is 5.31. The zero-order chi connectivity index (χ0) is 24.1. The predicted octanol–water partition coefficient (Wildman–Crippen LogP) is 6.63. The summed E-state index contributed by atoms with van der Waals surface area (Å²) in [5, 5.41) is 0. The highest BCUT2D eigenvalue weighted by Gasteiger charge is 2.27. The van der Waals surface area contributed by atoms with E-state index in [0.29, 0.717) is 24.0 Å². The van der Waals surface area contributed by atoms with E-state index in [1.54, 1.807) is 0 Å². The third-order valence-electron chi connectivity index (χ3n) is 7.03. The Kier molecular flexibility index (Phi) is 4.85. The van der Waals surface area contributed by atoms with Gasteiger partial charge in [0.2, 0.25) is 0 Å². The van der Waals surface area contributed by atoms with Crippen LogP contribution in [-0.2, 0) is 27.2 Å². The molecular formula is C32H22O3. The van der Waals surface area contributed by atoms with Gasteiger partial charge in [-0.2, -0.15) is 0 Å². The van der Waals surface area contributed by atoms with Gasteiger partial charge in [0.1, 0.15) is 0 Å². The summed E-state index contributed by atoms with van der Waals surface area (Å²) < 4.78 is 5.28. The molecule has 0 atom stereocenters. The van der Waals surface area contributed by atoms with Gasteiger partial charge in [-0.3, -0.25) is 0 Å². The van der Waals surface area contributed by atoms with Crippen molar-refractivity contribution in [3.05, 3.63) is 131 Å². The number of esters is 2. The first-order chi connectivity index (χ1) is 17.0. The van der Waals surface area contributed by atoms with E-state index in [9.17, 15) is 9.59 Å². The maximum absolute atomic E-state index is 13.0. The lowest BCUT2D eigenvalue weighted by Crippen LogP contribution is -2.15. The van der Waals surface area contributed by atoms with Crippen LogP contribution in [0, 0.1) is 0 Å². The summed E-state index contributed by atoms with van der Waals surface area (Å²) in [4.78, 5) is 26.0. The molecule has 0 bridgehead atoms. The Morgan fingerprint density at radius 3 is 1.40 bits per heavy atom. The van der Waals surface area contributed by atoms with Crippen LogP contribution in [0.15, 0.2) is 98.1 Å². The molecule has 0 saturated carbocycles. The number of fused-ring (bicyclic) bond motifs is 6. The average Bonchev–Trinajstić information content (AvgIpc) is 3.46. The van der Waals surface area contributed by atoms with E-state index in [2.05, 4.69) is 37.4 Å². The molecule has 0 N–H and O–H groups in total. The van der Waals surface area contributed by atoms with Gasteiger partial charge in [0.15, 0.2) is 0 Å². The van der Waals surface area contributed by atoms with E-state index in [4.69, 9.17) is 4.74 Å². The van der Waals surface area contributed by atoms with Gasteiger partial charge in [-0.1, -0.05) is 98.1 Å². The third kappa shape index (κ3) is 3.36. The van der Waals surface area contributed by atoms with Crippen molar-refractivity contribution in [1.82, 2.24) is 0 Å². The fraction of sp³-hybridized carbons (Fsp3) is 0.0625. The topological polar surface area (TPSA) is 43.4 Å². The maximum Gasteiger partial charge on any atom is 0.346 e. The SMILES string of the molecule is C=C(C(=O)OC(=O)C(=C)c1cccc2c1Cc1ccccc1-2)c1cccc2c1Cc1ccccc1-2. The standard InChI is InChI=1S/C32H22O3/c1-19(23-13-7-15-27-25-11-5-3-9-21(25)17-29(23)27)31(33)35-32(34)20(2)24-14-8-16-28-26-12-6-4-10-22(26)18-30(24)28/h3-16H,1-2,17-18H2. The Bertz CT molecular complexity index is 1470. The molecule has 168 valence electrons. The summed E-state index contributed by atoms with van der Waals surface area (Å²) in [6.07, 6.45) is 1.43. The van der Waals surface area contributed by atoms with E-state index < -0.39 is 11.9 Å². The molecule has 0 aliphatic heterocycles. The molecule has 0 radical (unpaired) electrons. The summed E-state index contributed by atoms with van der Waals surface area (Å²) in [6, 6.07) is 28.0. The molecular weight excluding hydrogens is 432 g/mol. The lowest BCUT2D eigenvalue weighted by molar-refractivity contribution is -0.151. The van der Waals surface area contributed by atoms with Crippen molar-refractivity contribution in [2.24, 2.45) is 0 Å². The van der Waals surface area contributed by atoms with Crippen LogP contribution in [0.25, 0.3) is 33.4 Å². The van der Waals surface area contributed by atoms with Crippen LogP contribution in [0.3, 0.4) is 0 Å². The number of hydrogen-bond donors (Lipinski definition) is 0. The molecule has 0 unspecified atom stereocenters. The molecule has 0 heterocycles. The fourth-order valence-electron chi connectivity index (χ4n) is 5.31. The minimum absolute atomic E-state index is 0.168. The van der Waals surface area contributed by atoms with Gasteiger partial charge in [0.25, 0.3) is 0 Å². The van der Waals surface area contributed by atoms with Crippen LogP contribution in [0.2, 0.25) is 0 Å². The van der Waals surface area contributed by atoms with Crippen LogP contribution < -0.4 is 0 Å². The minimum atomic E-state index is -0.753. The molecule has 6 rings (SSSR count). The monoisotopic (exact) mass is 454 g/mol. The Morgan fingerprint density at radius 1 is 0.543 bits per heavy atom. The van der Waals surface area contributed by atoms with Crippen LogP contribution >= 0.6 is 0 Å². The van der Waals surface area contributed by atoms with Gasteiger partial charge in [0, 0.05) is 0 Å². The van der Waals surface area contributed by atoms with E-state index >= 15 is 0 Å². The summed E-state index contributed by atoms with van der Waals surface area (Å²) in [6.45, 7) is 7.96. The first-order valence-electron chi connectivity index (χ1n) is 11.6. The van der Waals surface area contributed by atoms with Crippen molar-refractivity contribution in [3.8, 4) is 22.3 Å². The number of rotatable bonds is 4. The summed E-state index contributed by atoms with van der Waals surface area (Å²) in [7, 11) is 0. The highest BCUT2D eigenvalue weighted by Crippen LogP contribution is 2.41. The molecule has 3 heteroatoms. The number of benzene rings is 4. The largest absolute Gasteiger partial charge is 0.386 e. The van der Waals surface area contributed by atoms with Crippen molar-refractivity contribution in [1.29, 1.82) is 0 Å². The molecule has 0 spiro atoms. The Morgan fingerprint density at radius 2 is 0.943 bits per heavy atom. The normalized spacial score (nSPS) is 12.2. The Hall–Kier alpha value is -4.50. The van der Waals surface area contributed by atoms with Crippen molar-refractivity contribution in [3.63, 3.8) is 0 Å². The molecule has 0 aromatic heterocycles. The van der Waals surface area contributed by atoms with E-state index in [0.717, 1.165) is 33.4 Å². The van der Waals surface area contributed by atoms with Crippen molar-refractivity contribution >= 4 is 23.1 Å². The number of hydrogen-bond acceptors (Lipinski definition) is 3. The van der Waals surface area contributed by atoms with Crippen molar-refractivity contribution < 1.29 is 14.3 Å². The van der Waals surface area contributed by atoms with Crippen LogP contribution in [0.1, 0.15) is 33.4 Å². The van der Waals surface area contributed by atoms with E-state index in [1.807, 2.05) is 60.7 Å². The number of carbonyl (C=O) groups is 2. The minimum Gasteiger partial charge on any atom is -0.386 e. The smallest absolute Gasteiger partial charge is 0.346 e. The summed E-state index contributed by atoms with van der Waals surface area (Å²) >= 11 is 0. The summed E-state index contributed by atoms with van der Waals surface area (Å²) in [5.41, 5.74) is 10.7. The van der Waals surface area contributed by atoms with Gasteiger partial charge in [-0.05, 0) is 68.5 Å². The predicted molar refractivity (Wildman–Crippen MR) is 139 cm³/mol. The number of carbonyl (C=O) groups excluding carboxylic acids is 2. The quantitative estimate of drug-likeness (QED) is 0.171. The van der Waals surface area contributed by atoms with Crippen LogP contribution in [-0.4, -0.2) is 11.9 Å². The van der Waals surface area contributed by atoms with Gasteiger partial charge in [0.05, 0.1) is 11.1 Å². The molecule has 2 aliphatic carbocycles. The molecule has 2 aliphatic rings. The van der Waals surface area contributed by atoms with Crippen LogP contribution in [0.5, 0.6) is 0 Å². The van der Waals surface area contributed by atoms with Gasteiger partial charge in [-0.15, -0.1) is 0 Å².